The van der Waals surface area contributed by atoms with Gasteiger partial charge in [0.1, 0.15) is 5.69 Å². The number of nitro benzene ring substituents is 1. The second-order valence-electron chi connectivity index (χ2n) is 7.12. The Hall–Kier alpha value is -3.09. The number of fused-ring (bicyclic) bond motifs is 1. The first-order valence-electron chi connectivity index (χ1n) is 9.50. The Morgan fingerprint density at radius 3 is 2.64 bits per heavy atom. The number of carbonyl (C=O) groups excluding carboxylic acids is 1. The first-order chi connectivity index (χ1) is 13.5. The third kappa shape index (κ3) is 3.40. The summed E-state index contributed by atoms with van der Waals surface area (Å²) in [5, 5.41) is 11.7. The van der Waals surface area contributed by atoms with Gasteiger partial charge in [0.2, 0.25) is 0 Å². The molecule has 2 aliphatic heterocycles. The van der Waals surface area contributed by atoms with Gasteiger partial charge in [-0.25, -0.2) is 0 Å². The van der Waals surface area contributed by atoms with Gasteiger partial charge in [-0.05, 0) is 49.6 Å². The number of benzene rings is 2. The molecule has 2 aromatic carbocycles. The SMILES string of the molecule is CC(=O)c1ccc(N2CCC[C@H]2c2ccc3c(c2)OCCCO3)c([N+](=O)[O-])c1. The zero-order chi connectivity index (χ0) is 19.7. The molecule has 0 aliphatic carbocycles. The number of anilines is 1. The molecular weight excluding hydrogens is 360 g/mol. The van der Waals surface area contributed by atoms with Crippen LogP contribution in [0.25, 0.3) is 0 Å². The molecule has 0 bridgehead atoms. The lowest BCUT2D eigenvalue weighted by atomic mass is 10.0. The van der Waals surface area contributed by atoms with Gasteiger partial charge in [0.25, 0.3) is 5.69 Å². The van der Waals surface area contributed by atoms with Gasteiger partial charge in [0, 0.05) is 24.6 Å². The van der Waals surface area contributed by atoms with Gasteiger partial charge >= 0.3 is 0 Å². The van der Waals surface area contributed by atoms with Gasteiger partial charge in [0.15, 0.2) is 17.3 Å². The van der Waals surface area contributed by atoms with E-state index >= 15 is 0 Å². The highest BCUT2D eigenvalue weighted by Crippen LogP contribution is 2.43. The zero-order valence-corrected chi connectivity index (χ0v) is 15.7. The summed E-state index contributed by atoms with van der Waals surface area (Å²) in [4.78, 5) is 24.9. The maximum Gasteiger partial charge on any atom is 0.293 e. The summed E-state index contributed by atoms with van der Waals surface area (Å²) in [6.45, 7) is 3.38. The number of carbonyl (C=O) groups is 1. The summed E-state index contributed by atoms with van der Waals surface area (Å²) in [6, 6.07) is 10.6. The van der Waals surface area contributed by atoms with E-state index in [1.165, 1.54) is 13.0 Å². The smallest absolute Gasteiger partial charge is 0.293 e. The number of hydrogen-bond donors (Lipinski definition) is 0. The summed E-state index contributed by atoms with van der Waals surface area (Å²) in [5.41, 5.74) is 1.91. The van der Waals surface area contributed by atoms with Crippen molar-refractivity contribution in [2.24, 2.45) is 0 Å². The summed E-state index contributed by atoms with van der Waals surface area (Å²) in [6.07, 6.45) is 2.67. The Balaban J connectivity index is 1.70. The molecule has 0 aromatic heterocycles. The van der Waals surface area contributed by atoms with Crippen molar-refractivity contribution in [1.82, 2.24) is 0 Å². The third-order valence-corrected chi connectivity index (χ3v) is 5.30. The molecule has 0 radical (unpaired) electrons. The van der Waals surface area contributed by atoms with E-state index in [4.69, 9.17) is 9.47 Å². The van der Waals surface area contributed by atoms with E-state index in [1.54, 1.807) is 12.1 Å². The van der Waals surface area contributed by atoms with Crippen LogP contribution in [0.2, 0.25) is 0 Å². The molecule has 7 heteroatoms. The highest BCUT2D eigenvalue weighted by Gasteiger charge is 2.32. The highest BCUT2D eigenvalue weighted by atomic mass is 16.6. The maximum atomic E-state index is 11.7. The van der Waals surface area contributed by atoms with Crippen LogP contribution in [0.15, 0.2) is 36.4 Å². The van der Waals surface area contributed by atoms with Gasteiger partial charge in [-0.2, -0.15) is 0 Å². The minimum Gasteiger partial charge on any atom is -0.490 e. The van der Waals surface area contributed by atoms with Crippen molar-refractivity contribution in [3.8, 4) is 11.5 Å². The van der Waals surface area contributed by atoms with E-state index in [0.29, 0.717) is 24.5 Å². The number of ketones is 1. The quantitative estimate of drug-likeness (QED) is 0.445. The molecule has 1 atom stereocenters. The zero-order valence-electron chi connectivity index (χ0n) is 15.7. The van der Waals surface area contributed by atoms with Crippen molar-refractivity contribution in [2.45, 2.75) is 32.2 Å². The van der Waals surface area contributed by atoms with Crippen LogP contribution in [-0.4, -0.2) is 30.5 Å². The van der Waals surface area contributed by atoms with Gasteiger partial charge in [-0.1, -0.05) is 6.07 Å². The second-order valence-corrected chi connectivity index (χ2v) is 7.12. The lowest BCUT2D eigenvalue weighted by Crippen LogP contribution is -2.23. The van der Waals surface area contributed by atoms with Crippen LogP contribution in [0.4, 0.5) is 11.4 Å². The van der Waals surface area contributed by atoms with Crippen molar-refractivity contribution in [1.29, 1.82) is 0 Å². The molecule has 28 heavy (non-hydrogen) atoms. The van der Waals surface area contributed by atoms with E-state index in [9.17, 15) is 14.9 Å². The lowest BCUT2D eigenvalue weighted by molar-refractivity contribution is -0.384. The van der Waals surface area contributed by atoms with Gasteiger partial charge in [0.05, 0.1) is 24.2 Å². The van der Waals surface area contributed by atoms with Crippen molar-refractivity contribution in [3.05, 3.63) is 57.6 Å². The van der Waals surface area contributed by atoms with E-state index in [1.807, 2.05) is 18.2 Å². The van der Waals surface area contributed by atoms with Gasteiger partial charge in [-0.3, -0.25) is 14.9 Å². The Morgan fingerprint density at radius 2 is 1.89 bits per heavy atom. The fraction of sp³-hybridized carbons (Fsp3) is 0.381. The lowest BCUT2D eigenvalue weighted by Gasteiger charge is -2.27. The molecule has 1 saturated heterocycles. The van der Waals surface area contributed by atoms with Crippen molar-refractivity contribution >= 4 is 17.2 Å². The molecule has 0 saturated carbocycles. The number of nitrogens with zero attached hydrogens (tertiary/aromatic N) is 2. The summed E-state index contributed by atoms with van der Waals surface area (Å²) in [5.74, 6) is 1.28. The van der Waals surface area contributed by atoms with Crippen molar-refractivity contribution < 1.29 is 19.2 Å². The molecule has 0 spiro atoms. The van der Waals surface area contributed by atoms with Crippen LogP contribution in [0, 0.1) is 10.1 Å². The molecular formula is C21H22N2O5. The van der Waals surface area contributed by atoms with Crippen LogP contribution in [-0.2, 0) is 0 Å². The second kappa shape index (κ2) is 7.50. The van der Waals surface area contributed by atoms with Gasteiger partial charge in [-0.15, -0.1) is 0 Å². The maximum absolute atomic E-state index is 11.7. The van der Waals surface area contributed by atoms with Crippen LogP contribution in [0.1, 0.15) is 48.1 Å². The minimum absolute atomic E-state index is 0.0130. The summed E-state index contributed by atoms with van der Waals surface area (Å²) in [7, 11) is 0. The molecule has 4 rings (SSSR count). The molecule has 146 valence electrons. The fourth-order valence-electron chi connectivity index (χ4n) is 3.92. The van der Waals surface area contributed by atoms with E-state index in [0.717, 1.165) is 42.9 Å². The summed E-state index contributed by atoms with van der Waals surface area (Å²) < 4.78 is 11.5. The average molecular weight is 382 g/mol. The van der Waals surface area contributed by atoms with Crippen LogP contribution >= 0.6 is 0 Å². The van der Waals surface area contributed by atoms with E-state index in [2.05, 4.69) is 4.90 Å². The predicted molar refractivity (Wildman–Crippen MR) is 104 cm³/mol. The Kier molecular flexibility index (Phi) is 4.90. The Labute approximate surface area is 163 Å². The Morgan fingerprint density at radius 1 is 1.11 bits per heavy atom. The molecule has 0 N–H and O–H groups in total. The fourth-order valence-corrected chi connectivity index (χ4v) is 3.92. The first kappa shape index (κ1) is 18.3. The minimum atomic E-state index is -0.412. The molecule has 2 aliphatic rings. The number of ether oxygens (including phenoxy) is 2. The molecule has 7 nitrogen and oxygen atoms in total. The molecule has 2 aromatic rings. The van der Waals surface area contributed by atoms with Crippen molar-refractivity contribution in [3.63, 3.8) is 0 Å². The topological polar surface area (TPSA) is 81.9 Å². The monoisotopic (exact) mass is 382 g/mol. The Bertz CT molecular complexity index is 927. The van der Waals surface area contributed by atoms with Crippen LogP contribution in [0.5, 0.6) is 11.5 Å². The molecule has 0 amide bonds. The third-order valence-electron chi connectivity index (χ3n) is 5.30. The molecule has 0 unspecified atom stereocenters. The van der Waals surface area contributed by atoms with Crippen LogP contribution in [0.3, 0.4) is 0 Å². The van der Waals surface area contributed by atoms with Crippen LogP contribution < -0.4 is 14.4 Å². The number of nitro groups is 1. The van der Waals surface area contributed by atoms with Crippen molar-refractivity contribution in [2.75, 3.05) is 24.7 Å². The standard InChI is InChI=1S/C21H22N2O5/c1-14(24)15-5-7-18(19(12-15)23(25)26)22-9-2-4-17(22)16-6-8-20-21(13-16)28-11-3-10-27-20/h5-8,12-13,17H,2-4,9-11H2,1H3/t17-/m0/s1. The number of rotatable bonds is 4. The average Bonchev–Trinajstić information content (AvgIpc) is 3.05. The number of Topliss-reactive ketones (excluding diaryl/α,β-unsaturated/α-hetero) is 1. The predicted octanol–water partition coefficient (Wildman–Crippen LogP) is 4.30. The summed E-state index contributed by atoms with van der Waals surface area (Å²) >= 11 is 0. The van der Waals surface area contributed by atoms with E-state index in [-0.39, 0.29) is 17.5 Å². The first-order valence-corrected chi connectivity index (χ1v) is 9.50. The molecule has 2 heterocycles. The normalized spacial score (nSPS) is 18.6. The molecule has 1 fully saturated rings. The largest absolute Gasteiger partial charge is 0.490 e. The number of hydrogen-bond acceptors (Lipinski definition) is 6. The van der Waals surface area contributed by atoms with E-state index < -0.39 is 4.92 Å². The van der Waals surface area contributed by atoms with Gasteiger partial charge < -0.3 is 14.4 Å². The highest BCUT2D eigenvalue weighted by molar-refractivity contribution is 5.95.